The predicted octanol–water partition coefficient (Wildman–Crippen LogP) is 4.51. The molecule has 0 atom stereocenters. The van der Waals surface area contributed by atoms with Gasteiger partial charge in [-0.05, 0) is 48.0 Å². The number of hydrogen-bond acceptors (Lipinski definition) is 3. The van der Waals surface area contributed by atoms with Crippen LogP contribution >= 0.6 is 0 Å². The molecule has 0 aliphatic heterocycles. The van der Waals surface area contributed by atoms with E-state index in [-0.39, 0.29) is 0 Å². The first-order valence-electron chi connectivity index (χ1n) is 7.65. The van der Waals surface area contributed by atoms with Crippen molar-refractivity contribution in [2.45, 2.75) is 10.4 Å². The van der Waals surface area contributed by atoms with Gasteiger partial charge in [0.05, 0.1) is 0 Å². The average molecular weight is 431 g/mol. The van der Waals surface area contributed by atoms with E-state index in [1.807, 2.05) is 12.1 Å². The summed E-state index contributed by atoms with van der Waals surface area (Å²) >= 11 is 3.28. The molecule has 3 rings (SSSR count). The van der Waals surface area contributed by atoms with Crippen molar-refractivity contribution in [1.29, 1.82) is 0 Å². The number of phenolic OH excluding ortho intramolecular Hbond substituents is 1. The molecule has 0 aliphatic rings. The van der Waals surface area contributed by atoms with E-state index in [2.05, 4.69) is 61.2 Å². The van der Waals surface area contributed by atoms with Crippen LogP contribution < -0.4 is 0 Å². The topological polar surface area (TPSA) is 74.6 Å². The van der Waals surface area contributed by atoms with E-state index in [1.54, 1.807) is 24.3 Å². The Labute approximate surface area is 166 Å². The first kappa shape index (κ1) is 23.5. The van der Waals surface area contributed by atoms with Crippen molar-refractivity contribution in [3.63, 3.8) is 0 Å². The van der Waals surface area contributed by atoms with Crippen molar-refractivity contribution in [2.24, 2.45) is 0 Å². The van der Waals surface area contributed by atoms with Crippen molar-refractivity contribution in [2.75, 3.05) is 0 Å². The number of alkyl halides is 3. The van der Waals surface area contributed by atoms with E-state index in [1.165, 1.54) is 11.1 Å². The van der Waals surface area contributed by atoms with Crippen LogP contribution in [0.4, 0.5) is 13.2 Å². The number of halogens is 3. The summed E-state index contributed by atoms with van der Waals surface area (Å²) in [6.07, 6.45) is 0. The highest BCUT2D eigenvalue weighted by molar-refractivity contribution is 7.86. The molecule has 3 aromatic rings. The molecule has 28 heavy (non-hydrogen) atoms. The quantitative estimate of drug-likeness (QED) is 0.338. The van der Waals surface area contributed by atoms with Gasteiger partial charge >= 0.3 is 15.6 Å². The fourth-order valence-corrected chi connectivity index (χ4v) is 1.89. The van der Waals surface area contributed by atoms with Crippen LogP contribution in [0.3, 0.4) is 0 Å². The Morgan fingerprint density at radius 3 is 1.29 bits per heavy atom. The minimum atomic E-state index is -5.84. The monoisotopic (exact) mass is 431 g/mol. The molecule has 0 amide bonds. The van der Waals surface area contributed by atoms with Gasteiger partial charge in [0.2, 0.25) is 0 Å². The first-order chi connectivity index (χ1) is 13.0. The SMILES string of the molecule is O=S(=O)(O)C(F)(F)F.Oc1ccc([SH2+])cc1.c1ccc(-c2ccccc2)cc1. The second-order valence-electron chi connectivity index (χ2n) is 5.20. The smallest absolute Gasteiger partial charge is 0.508 e. The van der Waals surface area contributed by atoms with E-state index >= 15 is 0 Å². The summed E-state index contributed by atoms with van der Waals surface area (Å²) in [5.41, 5.74) is -2.98. The fourth-order valence-electron chi connectivity index (χ4n) is 1.72. The third-order valence-electron chi connectivity index (χ3n) is 3.04. The Kier molecular flexibility index (Phi) is 9.04. The molecule has 150 valence electrons. The van der Waals surface area contributed by atoms with Gasteiger partial charge in [-0.2, -0.15) is 21.6 Å². The number of aromatic hydroxyl groups is 1. The van der Waals surface area contributed by atoms with Crippen LogP contribution in [-0.2, 0) is 22.7 Å². The van der Waals surface area contributed by atoms with Gasteiger partial charge < -0.3 is 5.11 Å². The maximum absolute atomic E-state index is 10.7. The summed E-state index contributed by atoms with van der Waals surface area (Å²) in [5, 5.41) is 8.74. The number of rotatable bonds is 1. The van der Waals surface area contributed by atoms with Gasteiger partial charge in [-0.25, -0.2) is 0 Å². The van der Waals surface area contributed by atoms with Crippen LogP contribution in [0.5, 0.6) is 5.75 Å². The largest absolute Gasteiger partial charge is 0.522 e. The molecule has 0 spiro atoms. The minimum absolute atomic E-state index is 0.298. The van der Waals surface area contributed by atoms with Crippen LogP contribution in [-0.4, -0.2) is 23.6 Å². The number of benzene rings is 3. The molecule has 4 nitrogen and oxygen atoms in total. The van der Waals surface area contributed by atoms with Crippen molar-refractivity contribution in [1.82, 2.24) is 0 Å². The summed E-state index contributed by atoms with van der Waals surface area (Å²) in [6.45, 7) is 0. The lowest BCUT2D eigenvalue weighted by Crippen LogP contribution is -2.21. The summed E-state index contributed by atoms with van der Waals surface area (Å²) in [4.78, 5) is 0.975. The zero-order valence-electron chi connectivity index (χ0n) is 14.3. The van der Waals surface area contributed by atoms with E-state index in [0.717, 1.165) is 4.90 Å². The minimum Gasteiger partial charge on any atom is -0.508 e. The predicted molar refractivity (Wildman–Crippen MR) is 106 cm³/mol. The van der Waals surface area contributed by atoms with Crippen LogP contribution in [0, 0.1) is 0 Å². The Morgan fingerprint density at radius 2 is 1.04 bits per heavy atom. The summed E-state index contributed by atoms with van der Waals surface area (Å²) < 4.78 is 57.5. The Bertz CT molecular complexity index is 870. The maximum Gasteiger partial charge on any atom is 0.522 e. The van der Waals surface area contributed by atoms with Gasteiger partial charge in [0, 0.05) is 0 Å². The summed E-state index contributed by atoms with van der Waals surface area (Å²) in [5.74, 6) is 0.298. The highest BCUT2D eigenvalue weighted by Gasteiger charge is 2.44. The molecule has 0 heterocycles. The first-order valence-corrected chi connectivity index (χ1v) is 9.59. The summed E-state index contributed by atoms with van der Waals surface area (Å²) in [7, 11) is -5.84. The third kappa shape index (κ3) is 8.94. The molecule has 0 fully saturated rings. The van der Waals surface area contributed by atoms with Crippen LogP contribution in [0.1, 0.15) is 0 Å². The maximum atomic E-state index is 10.7. The molecule has 2 N–H and O–H groups in total. The normalized spacial score (nSPS) is 10.8. The molecule has 0 saturated carbocycles. The second-order valence-corrected chi connectivity index (χ2v) is 7.19. The molecule has 0 unspecified atom stereocenters. The van der Waals surface area contributed by atoms with Crippen molar-refractivity contribution >= 4 is 22.7 Å². The standard InChI is InChI=1S/C12H10.C6H6OS.CHF3O3S/c1-3-7-11(8-4-1)12-9-5-2-6-10-12;7-5-1-3-6(8)4-2-5;2-1(3,4)8(5,6)7/h1-10H;1-4,7-8H;(H,5,6,7)/p+1. The molecule has 0 saturated heterocycles. The Morgan fingerprint density at radius 1 is 0.714 bits per heavy atom. The highest BCUT2D eigenvalue weighted by atomic mass is 32.2. The van der Waals surface area contributed by atoms with Crippen molar-refractivity contribution in [3.8, 4) is 16.9 Å². The molecule has 0 radical (unpaired) electrons. The average Bonchev–Trinajstić information content (AvgIpc) is 2.65. The zero-order chi connectivity index (χ0) is 21.2. The van der Waals surface area contributed by atoms with Gasteiger partial charge in [0.15, 0.2) is 4.90 Å². The lowest BCUT2D eigenvalue weighted by atomic mass is 10.1. The lowest BCUT2D eigenvalue weighted by molar-refractivity contribution is -0.0510. The lowest BCUT2D eigenvalue weighted by Gasteiger charge is -1.98. The van der Waals surface area contributed by atoms with Gasteiger partial charge in [0.1, 0.15) is 5.75 Å². The van der Waals surface area contributed by atoms with Crippen LogP contribution in [0.15, 0.2) is 89.8 Å². The Balaban J connectivity index is 0.000000219. The molecule has 0 bridgehead atoms. The highest BCUT2D eigenvalue weighted by Crippen LogP contribution is 2.20. The molecule has 0 aliphatic carbocycles. The van der Waals surface area contributed by atoms with E-state index < -0.39 is 15.6 Å². The zero-order valence-corrected chi connectivity index (χ0v) is 16.2. The van der Waals surface area contributed by atoms with Gasteiger partial charge in [-0.15, -0.1) is 0 Å². The van der Waals surface area contributed by atoms with Gasteiger partial charge in [-0.3, -0.25) is 4.55 Å². The number of phenols is 1. The molecule has 3 aromatic carbocycles. The number of hydrogen-bond donors (Lipinski definition) is 2. The Hall–Kier alpha value is -2.49. The van der Waals surface area contributed by atoms with Gasteiger partial charge in [-0.1, -0.05) is 60.7 Å². The van der Waals surface area contributed by atoms with Crippen molar-refractivity contribution in [3.05, 3.63) is 84.9 Å². The van der Waals surface area contributed by atoms with Gasteiger partial charge in [0.25, 0.3) is 0 Å². The molecular formula is C19H18F3O4S2+. The second kappa shape index (κ2) is 10.7. The van der Waals surface area contributed by atoms with E-state index in [0.29, 0.717) is 5.75 Å². The van der Waals surface area contributed by atoms with E-state index in [9.17, 15) is 13.2 Å². The van der Waals surface area contributed by atoms with Crippen LogP contribution in [0.2, 0.25) is 0 Å². The van der Waals surface area contributed by atoms with Crippen molar-refractivity contribution < 1.29 is 31.2 Å². The fraction of sp³-hybridized carbons (Fsp3) is 0.0526. The van der Waals surface area contributed by atoms with E-state index in [4.69, 9.17) is 18.1 Å². The third-order valence-corrected chi connectivity index (χ3v) is 3.96. The molecular weight excluding hydrogens is 413 g/mol. The van der Waals surface area contributed by atoms with Crippen LogP contribution in [0.25, 0.3) is 11.1 Å². The molecule has 9 heteroatoms. The summed E-state index contributed by atoms with van der Waals surface area (Å²) in [6, 6.07) is 27.6. The molecule has 0 aromatic heterocycles.